The number of aromatic nitrogens is 6. The molecule has 1 aliphatic heterocycles. The third-order valence-electron chi connectivity index (χ3n) is 4.34. The first-order chi connectivity index (χ1) is 13.3. The normalized spacial score (nSPS) is 15.3. The van der Waals surface area contributed by atoms with E-state index in [9.17, 15) is 4.79 Å². The van der Waals surface area contributed by atoms with Gasteiger partial charge in [-0.1, -0.05) is 41.5 Å². The van der Waals surface area contributed by atoms with Crippen LogP contribution in [0.5, 0.6) is 0 Å². The van der Waals surface area contributed by atoms with Crippen LogP contribution in [0.3, 0.4) is 0 Å². The summed E-state index contributed by atoms with van der Waals surface area (Å²) in [5.41, 5.74) is 2.24. The van der Waals surface area contributed by atoms with Crippen molar-refractivity contribution in [3.8, 4) is 0 Å². The summed E-state index contributed by atoms with van der Waals surface area (Å²) in [4.78, 5) is 12.4. The van der Waals surface area contributed by atoms with Gasteiger partial charge in [0.15, 0.2) is 0 Å². The van der Waals surface area contributed by atoms with Crippen molar-refractivity contribution in [2.75, 3.05) is 5.32 Å². The number of hydrogen-bond acceptors (Lipinski definition) is 7. The minimum absolute atomic E-state index is 0.349. The summed E-state index contributed by atoms with van der Waals surface area (Å²) < 4.78 is 7.18. The minimum atomic E-state index is -0.508. The van der Waals surface area contributed by atoms with Crippen molar-refractivity contribution in [2.45, 2.75) is 6.04 Å². The molecule has 0 aliphatic carbocycles. The molecule has 1 atom stereocenters. The highest BCUT2D eigenvalue weighted by Gasteiger charge is 2.34. The molecule has 4 aromatic rings. The zero-order valence-electron chi connectivity index (χ0n) is 13.9. The van der Waals surface area contributed by atoms with Gasteiger partial charge >= 0.3 is 0 Å². The van der Waals surface area contributed by atoms with Gasteiger partial charge < -0.3 is 9.73 Å². The van der Waals surface area contributed by atoms with Gasteiger partial charge in [0, 0.05) is 5.56 Å². The maximum absolute atomic E-state index is 12.4. The summed E-state index contributed by atoms with van der Waals surface area (Å²) in [6, 6.07) is 12.9. The fourth-order valence-corrected chi connectivity index (χ4v) is 3.14. The van der Waals surface area contributed by atoms with Crippen LogP contribution in [0.4, 0.5) is 11.6 Å². The van der Waals surface area contributed by atoms with E-state index < -0.39 is 6.04 Å². The second-order valence-corrected chi connectivity index (χ2v) is 5.96. The first-order valence-electron chi connectivity index (χ1n) is 8.25. The van der Waals surface area contributed by atoms with Gasteiger partial charge in [0.25, 0.3) is 5.56 Å². The Kier molecular flexibility index (Phi) is 3.42. The molecule has 0 saturated carbocycles. The third-order valence-corrected chi connectivity index (χ3v) is 4.34. The number of rotatable bonds is 3. The predicted octanol–water partition coefficient (Wildman–Crippen LogP) is 2.21. The molecule has 0 bridgehead atoms. The van der Waals surface area contributed by atoms with E-state index >= 15 is 0 Å². The molecule has 4 heterocycles. The molecular weight excluding hydrogens is 346 g/mol. The number of tetrazole rings is 1. The SMILES string of the molecule is O=c1[nH]nc(/C=C/c2ccccc2)c2c1Nc1nnnn1[C@@H]2c1ccco1. The van der Waals surface area contributed by atoms with E-state index in [0.717, 1.165) is 5.56 Å². The molecule has 1 aromatic carbocycles. The Labute approximate surface area is 152 Å². The molecule has 9 nitrogen and oxygen atoms in total. The number of aromatic amines is 1. The fraction of sp³-hybridized carbons (Fsp3) is 0.0556. The number of hydrogen-bond donors (Lipinski definition) is 2. The van der Waals surface area contributed by atoms with Gasteiger partial charge in [-0.2, -0.15) is 9.78 Å². The molecule has 27 heavy (non-hydrogen) atoms. The zero-order valence-corrected chi connectivity index (χ0v) is 13.9. The van der Waals surface area contributed by atoms with Crippen molar-refractivity contribution in [3.63, 3.8) is 0 Å². The molecule has 0 radical (unpaired) electrons. The highest BCUT2D eigenvalue weighted by Crippen LogP contribution is 2.38. The number of benzene rings is 1. The van der Waals surface area contributed by atoms with Gasteiger partial charge in [0.1, 0.15) is 17.5 Å². The van der Waals surface area contributed by atoms with Crippen LogP contribution in [0.1, 0.15) is 28.6 Å². The molecule has 1 aliphatic rings. The maximum atomic E-state index is 12.4. The molecule has 0 saturated heterocycles. The Morgan fingerprint density at radius 1 is 1.11 bits per heavy atom. The van der Waals surface area contributed by atoms with Gasteiger partial charge in [-0.3, -0.25) is 4.79 Å². The predicted molar refractivity (Wildman–Crippen MR) is 97.3 cm³/mol. The van der Waals surface area contributed by atoms with Crippen LogP contribution in [-0.4, -0.2) is 30.4 Å². The molecule has 0 unspecified atom stereocenters. The van der Waals surface area contributed by atoms with E-state index in [1.807, 2.05) is 48.6 Å². The van der Waals surface area contributed by atoms with Crippen molar-refractivity contribution in [2.24, 2.45) is 0 Å². The lowest BCUT2D eigenvalue weighted by Crippen LogP contribution is -2.29. The lowest BCUT2D eigenvalue weighted by molar-refractivity contribution is 0.434. The molecule has 3 aromatic heterocycles. The molecule has 2 N–H and O–H groups in total. The van der Waals surface area contributed by atoms with Crippen LogP contribution in [0, 0.1) is 0 Å². The maximum Gasteiger partial charge on any atom is 0.288 e. The monoisotopic (exact) mass is 359 g/mol. The second kappa shape index (κ2) is 6.06. The minimum Gasteiger partial charge on any atom is -0.467 e. The van der Waals surface area contributed by atoms with Gasteiger partial charge in [-0.05, 0) is 34.2 Å². The van der Waals surface area contributed by atoms with E-state index in [1.54, 1.807) is 17.0 Å². The first kappa shape index (κ1) is 15.3. The average molecular weight is 359 g/mol. The van der Waals surface area contributed by atoms with E-state index in [2.05, 4.69) is 31.0 Å². The summed E-state index contributed by atoms with van der Waals surface area (Å²) >= 11 is 0. The van der Waals surface area contributed by atoms with Gasteiger partial charge in [-0.15, -0.1) is 0 Å². The molecule has 132 valence electrons. The van der Waals surface area contributed by atoms with E-state index in [-0.39, 0.29) is 5.56 Å². The van der Waals surface area contributed by atoms with Gasteiger partial charge in [0.05, 0.1) is 12.0 Å². The van der Waals surface area contributed by atoms with Crippen molar-refractivity contribution in [3.05, 3.63) is 81.7 Å². The van der Waals surface area contributed by atoms with E-state index in [4.69, 9.17) is 4.42 Å². The Morgan fingerprint density at radius 2 is 2.00 bits per heavy atom. The Hall–Kier alpha value is -4.01. The molecule has 0 spiro atoms. The van der Waals surface area contributed by atoms with Gasteiger partial charge in [-0.25, -0.2) is 5.10 Å². The number of nitrogens with one attached hydrogen (secondary N) is 2. The highest BCUT2D eigenvalue weighted by molar-refractivity contribution is 5.75. The largest absolute Gasteiger partial charge is 0.467 e. The van der Waals surface area contributed by atoms with Crippen LogP contribution in [0.25, 0.3) is 12.2 Å². The molecule has 5 rings (SSSR count). The smallest absolute Gasteiger partial charge is 0.288 e. The number of fused-ring (bicyclic) bond motifs is 2. The highest BCUT2D eigenvalue weighted by atomic mass is 16.3. The lowest BCUT2D eigenvalue weighted by Gasteiger charge is -2.25. The Balaban J connectivity index is 1.71. The quantitative estimate of drug-likeness (QED) is 0.507. The summed E-state index contributed by atoms with van der Waals surface area (Å²) in [6.45, 7) is 0. The van der Waals surface area contributed by atoms with Crippen molar-refractivity contribution in [1.29, 1.82) is 0 Å². The Bertz CT molecular complexity index is 1180. The van der Waals surface area contributed by atoms with Crippen LogP contribution >= 0.6 is 0 Å². The number of H-pyrrole nitrogens is 1. The topological polar surface area (TPSA) is 115 Å². The molecule has 0 amide bonds. The van der Waals surface area contributed by atoms with Gasteiger partial charge in [0.2, 0.25) is 5.95 Å². The zero-order chi connectivity index (χ0) is 18.2. The van der Waals surface area contributed by atoms with Crippen molar-refractivity contribution < 1.29 is 4.42 Å². The van der Waals surface area contributed by atoms with Crippen molar-refractivity contribution in [1.82, 2.24) is 30.4 Å². The summed E-state index contributed by atoms with van der Waals surface area (Å²) in [5, 5.41) is 21.4. The number of nitrogens with zero attached hydrogens (tertiary/aromatic N) is 5. The fourth-order valence-electron chi connectivity index (χ4n) is 3.14. The van der Waals surface area contributed by atoms with Crippen LogP contribution < -0.4 is 10.9 Å². The standard InChI is InChI=1S/C18H13N7O2/c26-17-15-14(12(20-21-17)9-8-11-5-2-1-3-6-11)16(13-7-4-10-27-13)25-18(19-15)22-23-24-25/h1-10,16H,(H,21,26)(H,19,22,24)/b9-8+/t16-/m1/s1. The molecule has 0 fully saturated rings. The molecule has 9 heteroatoms. The lowest BCUT2D eigenvalue weighted by atomic mass is 9.99. The number of anilines is 2. The van der Waals surface area contributed by atoms with Crippen molar-refractivity contribution >= 4 is 23.8 Å². The average Bonchev–Trinajstić information content (AvgIpc) is 3.39. The van der Waals surface area contributed by atoms with Crippen LogP contribution in [0.2, 0.25) is 0 Å². The summed E-state index contributed by atoms with van der Waals surface area (Å²) in [5.74, 6) is 0.964. The third kappa shape index (κ3) is 2.53. The van der Waals surface area contributed by atoms with E-state index in [1.165, 1.54) is 0 Å². The Morgan fingerprint density at radius 3 is 2.81 bits per heavy atom. The first-order valence-corrected chi connectivity index (χ1v) is 8.25. The van der Waals surface area contributed by atoms with E-state index in [0.29, 0.717) is 28.7 Å². The summed E-state index contributed by atoms with van der Waals surface area (Å²) in [7, 11) is 0. The second-order valence-electron chi connectivity index (χ2n) is 5.96. The van der Waals surface area contributed by atoms with Crippen LogP contribution in [0.15, 0.2) is 57.9 Å². The summed E-state index contributed by atoms with van der Waals surface area (Å²) in [6.07, 6.45) is 5.34. The number of furan rings is 1. The molecular formula is C18H13N7O2. The van der Waals surface area contributed by atoms with Crippen LogP contribution in [-0.2, 0) is 0 Å².